The van der Waals surface area contributed by atoms with E-state index < -0.39 is 53.8 Å². The largest absolute Gasteiger partial charge is 0.508 e. The number of hydrogen-bond donors (Lipinski definition) is 9. The molecule has 1 rings (SSSR count). The van der Waals surface area contributed by atoms with Gasteiger partial charge in [-0.05, 0) is 42.9 Å². The number of guanidine groups is 1. The molecular weight excluding hydrogens is 536 g/mol. The molecule has 0 aliphatic rings. The molecule has 4 amide bonds. The number of nitrogens with zero attached hydrogens (tertiary/aromatic N) is 1. The molecule has 15 heteroatoms. The van der Waals surface area contributed by atoms with Crippen LogP contribution in [0.25, 0.3) is 0 Å². The fourth-order valence-corrected chi connectivity index (χ4v) is 3.72. The van der Waals surface area contributed by atoms with Crippen molar-refractivity contribution in [2.75, 3.05) is 6.54 Å². The Hall–Kier alpha value is -4.40. The highest BCUT2D eigenvalue weighted by molar-refractivity contribution is 5.94. The second kappa shape index (κ2) is 17.3. The number of nitrogens with one attached hydrogen (secondary N) is 3. The van der Waals surface area contributed by atoms with Gasteiger partial charge in [-0.2, -0.15) is 0 Å². The number of carbonyl (C=O) groups is 5. The van der Waals surface area contributed by atoms with E-state index in [1.807, 2.05) is 6.92 Å². The van der Waals surface area contributed by atoms with E-state index in [0.717, 1.165) is 0 Å². The summed E-state index contributed by atoms with van der Waals surface area (Å²) < 4.78 is 0. The maximum atomic E-state index is 13.3. The molecule has 15 nitrogen and oxygen atoms in total. The molecule has 5 atom stereocenters. The van der Waals surface area contributed by atoms with Crippen molar-refractivity contribution in [2.24, 2.45) is 33.8 Å². The van der Waals surface area contributed by atoms with Crippen LogP contribution in [0.15, 0.2) is 29.3 Å². The van der Waals surface area contributed by atoms with E-state index >= 15 is 0 Å². The van der Waals surface area contributed by atoms with Gasteiger partial charge in [0, 0.05) is 19.4 Å². The molecule has 1 aromatic rings. The quantitative estimate of drug-likeness (QED) is 0.0533. The average molecular weight is 579 g/mol. The lowest BCUT2D eigenvalue weighted by atomic mass is 9.98. The van der Waals surface area contributed by atoms with Gasteiger partial charge in [-0.15, -0.1) is 0 Å². The monoisotopic (exact) mass is 578 g/mol. The minimum atomic E-state index is -1.39. The number of benzene rings is 1. The number of phenols is 1. The minimum absolute atomic E-state index is 0.0102. The molecule has 1 aromatic carbocycles. The number of aliphatic imine (C=N–C) groups is 1. The molecule has 0 radical (unpaired) electrons. The van der Waals surface area contributed by atoms with Crippen molar-refractivity contribution in [1.29, 1.82) is 0 Å². The Morgan fingerprint density at radius 3 is 1.93 bits per heavy atom. The Balaban J connectivity index is 3.11. The van der Waals surface area contributed by atoms with Crippen LogP contribution in [0, 0.1) is 5.92 Å². The van der Waals surface area contributed by atoms with Gasteiger partial charge in [0.05, 0.1) is 6.04 Å². The van der Waals surface area contributed by atoms with Gasteiger partial charge in [0.25, 0.3) is 0 Å². The summed E-state index contributed by atoms with van der Waals surface area (Å²) in [6.45, 7) is 3.83. The van der Waals surface area contributed by atoms with E-state index in [-0.39, 0.29) is 49.9 Å². The standard InChI is InChI=1S/C26H42N8O7/c1-3-14(2)21(28)24(39)33-17(5-4-12-31-26(29)30)22(37)32-18(10-11-20(27)36)23(38)34-19(25(40)41)13-15-6-8-16(35)9-7-15/h6-9,14,17-19,21,35H,3-5,10-13,28H2,1-2H3,(H2,27,36)(H,32,37)(H,33,39)(H,34,38)(H,40,41)(H4,29,30,31). The second-order valence-electron chi connectivity index (χ2n) is 9.76. The number of phenolic OH excluding ortho intramolecular Hbond substituents is 1. The first-order valence-corrected chi connectivity index (χ1v) is 13.3. The van der Waals surface area contributed by atoms with Gasteiger partial charge in [0.1, 0.15) is 23.9 Å². The molecule has 0 bridgehead atoms. The number of nitrogens with two attached hydrogens (primary N) is 4. The summed E-state index contributed by atoms with van der Waals surface area (Å²) in [5.74, 6) is -4.59. The molecule has 41 heavy (non-hydrogen) atoms. The molecule has 0 saturated carbocycles. The van der Waals surface area contributed by atoms with Gasteiger partial charge < -0.3 is 49.1 Å². The fourth-order valence-electron chi connectivity index (χ4n) is 3.72. The van der Waals surface area contributed by atoms with Crippen LogP contribution in [-0.4, -0.2) is 76.5 Å². The van der Waals surface area contributed by atoms with Crippen LogP contribution >= 0.6 is 0 Å². The highest BCUT2D eigenvalue weighted by Crippen LogP contribution is 2.12. The molecule has 0 aromatic heterocycles. The summed E-state index contributed by atoms with van der Waals surface area (Å²) in [5, 5.41) is 26.6. The SMILES string of the molecule is CCC(C)C(N)C(=O)NC(CCCN=C(N)N)C(=O)NC(CCC(N)=O)C(=O)NC(Cc1ccc(O)cc1)C(=O)O. The average Bonchev–Trinajstić information content (AvgIpc) is 2.91. The van der Waals surface area contributed by atoms with Gasteiger partial charge in [-0.3, -0.25) is 24.2 Å². The van der Waals surface area contributed by atoms with Gasteiger partial charge >= 0.3 is 5.97 Å². The Morgan fingerprint density at radius 1 is 0.878 bits per heavy atom. The number of aromatic hydroxyl groups is 1. The van der Waals surface area contributed by atoms with Crippen LogP contribution in [0.5, 0.6) is 5.75 Å². The molecule has 228 valence electrons. The van der Waals surface area contributed by atoms with Crippen LogP contribution in [0.2, 0.25) is 0 Å². The molecule has 5 unspecified atom stereocenters. The lowest BCUT2D eigenvalue weighted by Gasteiger charge is -2.26. The summed E-state index contributed by atoms with van der Waals surface area (Å²) >= 11 is 0. The zero-order valence-electron chi connectivity index (χ0n) is 23.3. The van der Waals surface area contributed by atoms with Crippen molar-refractivity contribution in [3.63, 3.8) is 0 Å². The molecular formula is C26H42N8O7. The summed E-state index contributed by atoms with van der Waals surface area (Å²) in [5.41, 5.74) is 22.5. The van der Waals surface area contributed by atoms with Gasteiger partial charge in [-0.25, -0.2) is 4.79 Å². The third-order valence-corrected chi connectivity index (χ3v) is 6.44. The van der Waals surface area contributed by atoms with Crippen molar-refractivity contribution >= 4 is 35.6 Å². The van der Waals surface area contributed by atoms with E-state index in [2.05, 4.69) is 20.9 Å². The molecule has 0 aliphatic heterocycles. The Labute approximate surface area is 238 Å². The molecule has 0 fully saturated rings. The van der Waals surface area contributed by atoms with Gasteiger partial charge in [-0.1, -0.05) is 32.4 Å². The number of primary amides is 1. The van der Waals surface area contributed by atoms with Crippen LogP contribution in [-0.2, 0) is 30.4 Å². The number of carboxylic acid groups (broad SMARTS) is 1. The number of rotatable bonds is 18. The number of hydrogen-bond acceptors (Lipinski definition) is 8. The first-order chi connectivity index (χ1) is 19.2. The van der Waals surface area contributed by atoms with Gasteiger partial charge in [0.15, 0.2) is 5.96 Å². The van der Waals surface area contributed by atoms with Crippen LogP contribution in [0.4, 0.5) is 0 Å². The maximum Gasteiger partial charge on any atom is 0.326 e. The van der Waals surface area contributed by atoms with E-state index in [1.54, 1.807) is 6.92 Å². The fraction of sp³-hybridized carbons (Fsp3) is 0.538. The minimum Gasteiger partial charge on any atom is -0.508 e. The van der Waals surface area contributed by atoms with Crippen LogP contribution in [0.1, 0.15) is 51.5 Å². The maximum absolute atomic E-state index is 13.3. The number of carboxylic acids is 1. The summed E-state index contributed by atoms with van der Waals surface area (Å²) in [6, 6.07) is 0.996. The number of aliphatic carboxylic acids is 1. The van der Waals surface area contributed by atoms with E-state index in [1.165, 1.54) is 24.3 Å². The van der Waals surface area contributed by atoms with Crippen molar-refractivity contribution in [3.8, 4) is 5.75 Å². The molecule has 0 aliphatic carbocycles. The Morgan fingerprint density at radius 2 is 1.41 bits per heavy atom. The summed E-state index contributed by atoms with van der Waals surface area (Å²) in [7, 11) is 0. The predicted octanol–water partition coefficient (Wildman–Crippen LogP) is -1.83. The smallest absolute Gasteiger partial charge is 0.326 e. The molecule has 0 saturated heterocycles. The molecule has 0 spiro atoms. The predicted molar refractivity (Wildman–Crippen MR) is 151 cm³/mol. The lowest BCUT2D eigenvalue weighted by molar-refractivity contribution is -0.142. The lowest BCUT2D eigenvalue weighted by Crippen LogP contribution is -2.57. The summed E-state index contributed by atoms with van der Waals surface area (Å²) in [6.07, 6.45) is 0.383. The van der Waals surface area contributed by atoms with Gasteiger partial charge in [0.2, 0.25) is 23.6 Å². The summed E-state index contributed by atoms with van der Waals surface area (Å²) in [4.78, 5) is 66.3. The third kappa shape index (κ3) is 13.0. The topological polar surface area (TPSA) is 278 Å². The van der Waals surface area contributed by atoms with Crippen molar-refractivity contribution in [1.82, 2.24) is 16.0 Å². The van der Waals surface area contributed by atoms with Crippen LogP contribution in [0.3, 0.4) is 0 Å². The highest BCUT2D eigenvalue weighted by Gasteiger charge is 2.31. The Kier molecular flexibility index (Phi) is 14.6. The highest BCUT2D eigenvalue weighted by atomic mass is 16.4. The zero-order valence-corrected chi connectivity index (χ0v) is 23.3. The second-order valence-corrected chi connectivity index (χ2v) is 9.76. The normalized spacial score (nSPS) is 14.4. The van der Waals surface area contributed by atoms with Crippen LogP contribution < -0.4 is 38.9 Å². The van der Waals surface area contributed by atoms with Crippen molar-refractivity contribution in [2.45, 2.75) is 76.5 Å². The van der Waals surface area contributed by atoms with E-state index in [0.29, 0.717) is 18.4 Å². The van der Waals surface area contributed by atoms with E-state index in [9.17, 15) is 34.2 Å². The van der Waals surface area contributed by atoms with E-state index in [4.69, 9.17) is 22.9 Å². The first kappa shape index (κ1) is 34.6. The Bertz CT molecular complexity index is 1080. The number of carbonyl (C=O) groups excluding carboxylic acids is 4. The van der Waals surface area contributed by atoms with Crippen molar-refractivity contribution in [3.05, 3.63) is 29.8 Å². The first-order valence-electron chi connectivity index (χ1n) is 13.3. The zero-order chi connectivity index (χ0) is 31.1. The molecule has 13 N–H and O–H groups in total. The molecule has 0 heterocycles. The van der Waals surface area contributed by atoms with Crippen molar-refractivity contribution < 1.29 is 34.2 Å². The third-order valence-electron chi connectivity index (χ3n) is 6.44. The number of amides is 4.